The Morgan fingerprint density at radius 1 is 1.13 bits per heavy atom. The normalized spacial score (nSPS) is 11.9. The molecule has 0 aliphatic heterocycles. The molecular weight excluding hydrogens is 498 g/mol. The summed E-state index contributed by atoms with van der Waals surface area (Å²) in [6.07, 6.45) is 1.75. The smallest absolute Gasteiger partial charge is 0.253 e. The first kappa shape index (κ1) is 24.0. The molecule has 1 amide bonds. The molecule has 2 aromatic carbocycles. The lowest BCUT2D eigenvalue weighted by molar-refractivity contribution is 0.0937. The largest absolute Gasteiger partial charge is 0.342 e. The van der Waals surface area contributed by atoms with E-state index in [1.54, 1.807) is 24.3 Å². The van der Waals surface area contributed by atoms with E-state index < -0.39 is 6.04 Å². The number of hydrogen-bond acceptors (Lipinski definition) is 4. The van der Waals surface area contributed by atoms with Gasteiger partial charge in [-0.25, -0.2) is 0 Å². The van der Waals surface area contributed by atoms with Gasteiger partial charge in [0.1, 0.15) is 0 Å². The molecule has 5 nitrogen and oxygen atoms in total. The standard InChI is InChI=1S/C21H18Cl4N4OS/c1-3-8-29-19(12(2)26-20(30)15-6-5-14(22)10-17(15)24)27-28-21(29)31-11-13-4-7-16(23)18(25)9-13/h3-7,9-10,12H,1,8,11H2,2H3,(H,26,30)/t12-/m1/s1. The first-order chi connectivity index (χ1) is 14.8. The minimum absolute atomic E-state index is 0.280. The summed E-state index contributed by atoms with van der Waals surface area (Å²) in [5.41, 5.74) is 1.34. The number of halogens is 4. The Morgan fingerprint density at radius 2 is 1.90 bits per heavy atom. The second-order valence-corrected chi connectivity index (χ2v) is 9.20. The Labute approximate surface area is 204 Å². The highest BCUT2D eigenvalue weighted by Gasteiger charge is 2.21. The number of hydrogen-bond donors (Lipinski definition) is 1. The van der Waals surface area contributed by atoms with Crippen molar-refractivity contribution >= 4 is 64.1 Å². The maximum atomic E-state index is 12.7. The molecule has 0 bridgehead atoms. The van der Waals surface area contributed by atoms with Crippen LogP contribution in [0.2, 0.25) is 20.1 Å². The van der Waals surface area contributed by atoms with Crippen LogP contribution in [0.5, 0.6) is 0 Å². The highest BCUT2D eigenvalue weighted by molar-refractivity contribution is 7.98. The van der Waals surface area contributed by atoms with Gasteiger partial charge in [0.25, 0.3) is 5.91 Å². The maximum absolute atomic E-state index is 12.7. The van der Waals surface area contributed by atoms with E-state index in [1.165, 1.54) is 17.8 Å². The maximum Gasteiger partial charge on any atom is 0.253 e. The molecule has 31 heavy (non-hydrogen) atoms. The van der Waals surface area contributed by atoms with Gasteiger partial charge in [0.15, 0.2) is 11.0 Å². The number of carbonyl (C=O) groups is 1. The lowest BCUT2D eigenvalue weighted by atomic mass is 10.2. The molecule has 1 heterocycles. The van der Waals surface area contributed by atoms with Crippen LogP contribution in [0.1, 0.15) is 34.7 Å². The van der Waals surface area contributed by atoms with Crippen molar-refractivity contribution in [2.75, 3.05) is 0 Å². The average Bonchev–Trinajstić information content (AvgIpc) is 3.11. The van der Waals surface area contributed by atoms with Crippen molar-refractivity contribution in [2.45, 2.75) is 30.4 Å². The van der Waals surface area contributed by atoms with Crippen molar-refractivity contribution in [3.63, 3.8) is 0 Å². The van der Waals surface area contributed by atoms with Crippen LogP contribution in [0.25, 0.3) is 0 Å². The number of nitrogens with one attached hydrogen (secondary N) is 1. The van der Waals surface area contributed by atoms with Gasteiger partial charge in [0.2, 0.25) is 0 Å². The second-order valence-electron chi connectivity index (χ2n) is 6.60. The van der Waals surface area contributed by atoms with Crippen LogP contribution in [0.15, 0.2) is 54.2 Å². The molecule has 3 rings (SSSR count). The van der Waals surface area contributed by atoms with Crippen molar-refractivity contribution < 1.29 is 4.79 Å². The van der Waals surface area contributed by atoms with Gasteiger partial charge in [0.05, 0.1) is 26.7 Å². The Balaban J connectivity index is 1.76. The number of thioether (sulfide) groups is 1. The van der Waals surface area contributed by atoms with E-state index in [0.717, 1.165) is 5.56 Å². The highest BCUT2D eigenvalue weighted by Crippen LogP contribution is 2.28. The molecule has 1 N–H and O–H groups in total. The Bertz CT molecular complexity index is 1120. The van der Waals surface area contributed by atoms with E-state index in [0.29, 0.717) is 43.9 Å². The molecule has 0 radical (unpaired) electrons. The first-order valence-corrected chi connectivity index (χ1v) is 11.7. The number of carbonyl (C=O) groups excluding carboxylic acids is 1. The molecule has 0 saturated heterocycles. The van der Waals surface area contributed by atoms with E-state index in [-0.39, 0.29) is 10.9 Å². The monoisotopic (exact) mass is 514 g/mol. The summed E-state index contributed by atoms with van der Waals surface area (Å²) in [6.45, 7) is 6.14. The number of benzene rings is 2. The van der Waals surface area contributed by atoms with Crippen LogP contribution in [0, 0.1) is 0 Å². The molecule has 0 unspecified atom stereocenters. The van der Waals surface area contributed by atoms with Crippen molar-refractivity contribution in [2.24, 2.45) is 0 Å². The lowest BCUT2D eigenvalue weighted by Gasteiger charge is -2.16. The zero-order valence-electron chi connectivity index (χ0n) is 16.4. The molecule has 0 saturated carbocycles. The molecule has 10 heteroatoms. The van der Waals surface area contributed by atoms with Crippen LogP contribution in [0.3, 0.4) is 0 Å². The van der Waals surface area contributed by atoms with Gasteiger partial charge in [-0.05, 0) is 42.8 Å². The van der Waals surface area contributed by atoms with Crippen molar-refractivity contribution in [1.29, 1.82) is 0 Å². The minimum Gasteiger partial charge on any atom is -0.342 e. The first-order valence-electron chi connectivity index (χ1n) is 9.16. The van der Waals surface area contributed by atoms with Gasteiger partial charge < -0.3 is 9.88 Å². The second kappa shape index (κ2) is 10.7. The quantitative estimate of drug-likeness (QED) is 0.263. The van der Waals surface area contributed by atoms with Crippen LogP contribution in [-0.2, 0) is 12.3 Å². The fraction of sp³-hybridized carbons (Fsp3) is 0.190. The predicted octanol–water partition coefficient (Wildman–Crippen LogP) is 6.86. The summed E-state index contributed by atoms with van der Waals surface area (Å²) in [7, 11) is 0. The van der Waals surface area contributed by atoms with Gasteiger partial charge >= 0.3 is 0 Å². The summed E-state index contributed by atoms with van der Waals surface area (Å²) in [5.74, 6) is 0.912. The Hall–Kier alpha value is -1.70. The zero-order chi connectivity index (χ0) is 22.5. The van der Waals surface area contributed by atoms with Crippen LogP contribution in [0.4, 0.5) is 0 Å². The highest BCUT2D eigenvalue weighted by atomic mass is 35.5. The van der Waals surface area contributed by atoms with Gasteiger partial charge in [-0.3, -0.25) is 4.79 Å². The molecule has 3 aromatic rings. The fourth-order valence-corrected chi connectivity index (χ4v) is 4.53. The molecular formula is C21H18Cl4N4OS. The molecule has 0 aliphatic rings. The summed E-state index contributed by atoms with van der Waals surface area (Å²) >= 11 is 25.6. The third-order valence-electron chi connectivity index (χ3n) is 4.32. The fourth-order valence-electron chi connectivity index (χ4n) is 2.82. The number of rotatable bonds is 8. The summed E-state index contributed by atoms with van der Waals surface area (Å²) in [6, 6.07) is 9.82. The van der Waals surface area contributed by atoms with Crippen LogP contribution < -0.4 is 5.32 Å². The Kier molecular flexibility index (Phi) is 8.30. The summed E-state index contributed by atoms with van der Waals surface area (Å²) in [5, 5.41) is 14.0. The number of nitrogens with zero attached hydrogens (tertiary/aromatic N) is 3. The van der Waals surface area contributed by atoms with E-state index >= 15 is 0 Å². The summed E-state index contributed by atoms with van der Waals surface area (Å²) in [4.78, 5) is 12.7. The van der Waals surface area contributed by atoms with Gasteiger partial charge in [-0.15, -0.1) is 16.8 Å². The van der Waals surface area contributed by atoms with Crippen LogP contribution >= 0.6 is 58.2 Å². The topological polar surface area (TPSA) is 59.8 Å². The molecule has 1 aromatic heterocycles. The number of amides is 1. The van der Waals surface area contributed by atoms with Crippen molar-refractivity contribution in [1.82, 2.24) is 20.1 Å². The van der Waals surface area contributed by atoms with Gasteiger partial charge in [-0.2, -0.15) is 0 Å². The summed E-state index contributed by atoms with van der Waals surface area (Å²) < 4.78 is 1.91. The van der Waals surface area contributed by atoms with E-state index in [2.05, 4.69) is 22.1 Å². The average molecular weight is 516 g/mol. The third-order valence-corrected chi connectivity index (χ3v) is 6.64. The predicted molar refractivity (Wildman–Crippen MR) is 129 cm³/mol. The van der Waals surface area contributed by atoms with Crippen molar-refractivity contribution in [3.8, 4) is 0 Å². The van der Waals surface area contributed by atoms with Crippen LogP contribution in [-0.4, -0.2) is 20.7 Å². The SMILES string of the molecule is C=CCn1c(SCc2ccc(Cl)c(Cl)c2)nnc1[C@@H](C)NC(=O)c1ccc(Cl)cc1Cl. The third kappa shape index (κ3) is 5.96. The molecule has 162 valence electrons. The minimum atomic E-state index is -0.411. The molecule has 0 aliphatic carbocycles. The van der Waals surface area contributed by atoms with Gasteiger partial charge in [-0.1, -0.05) is 70.3 Å². The van der Waals surface area contributed by atoms with E-state index in [4.69, 9.17) is 46.4 Å². The number of allylic oxidation sites excluding steroid dienone is 1. The lowest BCUT2D eigenvalue weighted by Crippen LogP contribution is -2.29. The molecule has 0 spiro atoms. The number of aromatic nitrogens is 3. The molecule has 0 fully saturated rings. The van der Waals surface area contributed by atoms with Crippen molar-refractivity contribution in [3.05, 3.63) is 86.1 Å². The van der Waals surface area contributed by atoms with Gasteiger partial charge in [0, 0.05) is 17.3 Å². The Morgan fingerprint density at radius 3 is 2.58 bits per heavy atom. The van der Waals surface area contributed by atoms with E-state index in [1.807, 2.05) is 23.6 Å². The zero-order valence-corrected chi connectivity index (χ0v) is 20.3. The van der Waals surface area contributed by atoms with E-state index in [9.17, 15) is 4.79 Å². The molecule has 1 atom stereocenters.